The van der Waals surface area contributed by atoms with E-state index in [4.69, 9.17) is 18.9 Å². The fourth-order valence-corrected chi connectivity index (χ4v) is 7.34. The van der Waals surface area contributed by atoms with Gasteiger partial charge in [-0.15, -0.1) is 12.6 Å². The minimum Gasteiger partial charge on any atom is -0.455 e. The van der Waals surface area contributed by atoms with Crippen molar-refractivity contribution in [3.8, 4) is 5.75 Å². The topological polar surface area (TPSA) is 105 Å². The van der Waals surface area contributed by atoms with Gasteiger partial charge in [0.05, 0.1) is 11.5 Å². The van der Waals surface area contributed by atoms with Crippen LogP contribution in [0.5, 0.6) is 5.75 Å². The lowest BCUT2D eigenvalue weighted by atomic mass is 9.59. The second-order valence-corrected chi connectivity index (χ2v) is 12.5. The second-order valence-electron chi connectivity index (χ2n) is 12.0. The van der Waals surface area contributed by atoms with Gasteiger partial charge in [0.25, 0.3) is 0 Å². The lowest BCUT2D eigenvalue weighted by Crippen LogP contribution is -2.55. The van der Waals surface area contributed by atoms with Crippen LogP contribution in [0.15, 0.2) is 41.3 Å². The molecule has 2 aromatic carbocycles. The minimum atomic E-state index is -1.40. The third kappa shape index (κ3) is 4.63. The summed E-state index contributed by atoms with van der Waals surface area (Å²) in [4.78, 5) is 53.2. The van der Waals surface area contributed by atoms with E-state index in [0.29, 0.717) is 12.8 Å². The maximum Gasteiger partial charge on any atom is 0.328 e. The van der Waals surface area contributed by atoms with E-state index in [2.05, 4.69) is 12.6 Å². The number of hydrogen-bond acceptors (Lipinski definition) is 9. The predicted octanol–water partition coefficient (Wildman–Crippen LogP) is 4.31. The molecule has 0 aromatic heterocycles. The summed E-state index contributed by atoms with van der Waals surface area (Å²) in [5.74, 6) is -2.79. The monoisotopic (exact) mass is 552 g/mol. The summed E-state index contributed by atoms with van der Waals surface area (Å²) in [6, 6.07) is 10.7. The Morgan fingerprint density at radius 2 is 1.74 bits per heavy atom. The van der Waals surface area contributed by atoms with Crippen LogP contribution in [0.1, 0.15) is 46.5 Å². The van der Waals surface area contributed by atoms with Crippen LogP contribution in [-0.2, 0) is 33.4 Å². The Morgan fingerprint density at radius 3 is 2.54 bits per heavy atom. The van der Waals surface area contributed by atoms with Gasteiger partial charge in [-0.05, 0) is 80.5 Å². The first-order valence-electron chi connectivity index (χ1n) is 13.6. The van der Waals surface area contributed by atoms with Crippen molar-refractivity contribution in [2.45, 2.75) is 75.8 Å². The summed E-state index contributed by atoms with van der Waals surface area (Å²) in [6.07, 6.45) is -0.678. The van der Waals surface area contributed by atoms with Crippen molar-refractivity contribution in [1.29, 1.82) is 0 Å². The third-order valence-electron chi connectivity index (χ3n) is 8.95. The van der Waals surface area contributed by atoms with Crippen molar-refractivity contribution in [1.82, 2.24) is 0 Å². The van der Waals surface area contributed by atoms with E-state index >= 15 is 0 Å². The SMILES string of the molecule is CC1CC2CC(CC(C)(C(=O)OC3C4OC(=O)C(C(=O)Oc5ccc6cc(S)ccc6c5)C3OC4C)C2)C1=O. The minimum absolute atomic E-state index is 0.0204. The van der Waals surface area contributed by atoms with Gasteiger partial charge in [0.15, 0.2) is 18.1 Å². The molecule has 9 heteroatoms. The molecule has 4 aliphatic rings. The average molecular weight is 553 g/mol. The van der Waals surface area contributed by atoms with Crippen LogP contribution < -0.4 is 4.74 Å². The number of esters is 3. The number of benzene rings is 2. The number of hydrogen-bond donors (Lipinski definition) is 1. The standard InChI is InChI=1S/C30H32O8S/c1-14-8-16-9-19(23(14)31)13-30(3,12-16)29(34)38-26-24-15(2)35-25(26)22(28(33)37-24)27(32)36-20-6-4-18-11-21(39)7-5-17(18)10-20/h4-7,10-11,14-16,19,22,24-26,39H,8-9,12-13H2,1-3H3. The summed E-state index contributed by atoms with van der Waals surface area (Å²) < 4.78 is 23.1. The first-order chi connectivity index (χ1) is 18.5. The van der Waals surface area contributed by atoms with Crippen LogP contribution >= 0.6 is 12.6 Å². The molecule has 6 rings (SSSR count). The quantitative estimate of drug-likeness (QED) is 0.259. The molecule has 4 bridgehead atoms. The van der Waals surface area contributed by atoms with Crippen molar-refractivity contribution < 1.29 is 38.1 Å². The molecule has 2 aliphatic heterocycles. The number of carbonyl (C=O) groups is 4. The molecule has 8 nitrogen and oxygen atoms in total. The molecular weight excluding hydrogens is 520 g/mol. The highest BCUT2D eigenvalue weighted by molar-refractivity contribution is 7.80. The second kappa shape index (κ2) is 9.63. The van der Waals surface area contributed by atoms with Crippen molar-refractivity contribution in [2.24, 2.45) is 29.1 Å². The maximum absolute atomic E-state index is 13.6. The fraction of sp³-hybridized carbons (Fsp3) is 0.533. The number of ether oxygens (including phenoxy) is 4. The average Bonchev–Trinajstić information content (AvgIpc) is 3.08. The number of carbonyl (C=O) groups excluding carboxylic acids is 4. The highest BCUT2D eigenvalue weighted by atomic mass is 32.1. The van der Waals surface area contributed by atoms with Crippen molar-refractivity contribution in [3.05, 3.63) is 36.4 Å². The van der Waals surface area contributed by atoms with E-state index < -0.39 is 53.7 Å². The molecule has 2 heterocycles. The fourth-order valence-electron chi connectivity index (χ4n) is 7.13. The van der Waals surface area contributed by atoms with Crippen molar-refractivity contribution in [2.75, 3.05) is 0 Å². The number of fused-ring (bicyclic) bond motifs is 5. The van der Waals surface area contributed by atoms with Gasteiger partial charge in [-0.1, -0.05) is 19.1 Å². The molecule has 206 valence electrons. The highest BCUT2D eigenvalue weighted by Crippen LogP contribution is 2.50. The molecule has 0 N–H and O–H groups in total. The number of ketones is 1. The van der Waals surface area contributed by atoms with Crippen LogP contribution in [0.25, 0.3) is 10.8 Å². The van der Waals surface area contributed by atoms with Gasteiger partial charge in [-0.25, -0.2) is 0 Å². The van der Waals surface area contributed by atoms with Crippen molar-refractivity contribution in [3.63, 3.8) is 0 Å². The van der Waals surface area contributed by atoms with Gasteiger partial charge < -0.3 is 18.9 Å². The van der Waals surface area contributed by atoms with Gasteiger partial charge >= 0.3 is 17.9 Å². The zero-order valence-electron chi connectivity index (χ0n) is 22.1. The lowest BCUT2D eigenvalue weighted by Gasteiger charge is -2.45. The largest absolute Gasteiger partial charge is 0.455 e. The van der Waals surface area contributed by atoms with Crippen molar-refractivity contribution >= 4 is 47.1 Å². The Kier molecular flexibility index (Phi) is 6.50. The summed E-state index contributed by atoms with van der Waals surface area (Å²) in [5.41, 5.74) is -0.832. The molecule has 0 spiro atoms. The number of rotatable bonds is 4. The smallest absolute Gasteiger partial charge is 0.328 e. The van der Waals surface area contributed by atoms with Gasteiger partial charge in [0, 0.05) is 16.7 Å². The van der Waals surface area contributed by atoms with Crippen LogP contribution in [0.3, 0.4) is 0 Å². The Balaban J connectivity index is 1.20. The van der Waals surface area contributed by atoms with E-state index in [1.165, 1.54) is 0 Å². The Morgan fingerprint density at radius 1 is 1.00 bits per heavy atom. The molecule has 2 aliphatic carbocycles. The van der Waals surface area contributed by atoms with E-state index in [1.54, 1.807) is 25.1 Å². The number of thiol groups is 1. The molecule has 2 saturated heterocycles. The van der Waals surface area contributed by atoms with E-state index in [0.717, 1.165) is 28.5 Å². The summed E-state index contributed by atoms with van der Waals surface area (Å²) in [7, 11) is 0. The molecule has 0 amide bonds. The summed E-state index contributed by atoms with van der Waals surface area (Å²) in [6.45, 7) is 5.53. The van der Waals surface area contributed by atoms with E-state index in [-0.39, 0.29) is 29.3 Å². The van der Waals surface area contributed by atoms with Gasteiger partial charge in [-0.3, -0.25) is 19.2 Å². The van der Waals surface area contributed by atoms with Gasteiger partial charge in [0.1, 0.15) is 17.6 Å². The van der Waals surface area contributed by atoms with Gasteiger partial charge in [0.2, 0.25) is 0 Å². The van der Waals surface area contributed by atoms with E-state index in [9.17, 15) is 19.2 Å². The first-order valence-corrected chi connectivity index (χ1v) is 14.0. The Labute approximate surface area is 232 Å². The maximum atomic E-state index is 13.6. The Bertz CT molecular complexity index is 1370. The van der Waals surface area contributed by atoms with Crippen LogP contribution in [0.4, 0.5) is 0 Å². The first kappa shape index (κ1) is 26.3. The van der Waals surface area contributed by atoms with Crippen LogP contribution in [0.2, 0.25) is 0 Å². The molecule has 0 radical (unpaired) electrons. The van der Waals surface area contributed by atoms with E-state index in [1.807, 2.05) is 32.0 Å². The molecule has 9 atom stereocenters. The molecule has 39 heavy (non-hydrogen) atoms. The number of Topliss-reactive ketones (excluding diaryl/α,β-unsaturated/α-hetero) is 1. The molecular formula is C30H32O8S. The zero-order chi connectivity index (χ0) is 27.6. The zero-order valence-corrected chi connectivity index (χ0v) is 23.0. The molecule has 9 unspecified atom stereocenters. The molecule has 2 saturated carbocycles. The third-order valence-corrected chi connectivity index (χ3v) is 9.23. The summed E-state index contributed by atoms with van der Waals surface area (Å²) in [5, 5.41) is 1.78. The van der Waals surface area contributed by atoms with Gasteiger partial charge in [-0.2, -0.15) is 0 Å². The van der Waals surface area contributed by atoms with Crippen LogP contribution in [-0.4, -0.2) is 48.1 Å². The Hall–Kier alpha value is -2.91. The van der Waals surface area contributed by atoms with Crippen LogP contribution in [0, 0.1) is 29.1 Å². The molecule has 4 fully saturated rings. The molecule has 2 aromatic rings. The highest BCUT2D eigenvalue weighted by Gasteiger charge is 2.61. The lowest BCUT2D eigenvalue weighted by molar-refractivity contribution is -0.194. The summed E-state index contributed by atoms with van der Waals surface area (Å²) >= 11 is 4.35. The normalized spacial score (nSPS) is 37.3. The predicted molar refractivity (Wildman–Crippen MR) is 142 cm³/mol.